The molecule has 9 aromatic rings. The van der Waals surface area contributed by atoms with Gasteiger partial charge >= 0.3 is 0 Å². The van der Waals surface area contributed by atoms with E-state index >= 15 is 0 Å². The van der Waals surface area contributed by atoms with Gasteiger partial charge in [-0.25, -0.2) is 0 Å². The van der Waals surface area contributed by atoms with Gasteiger partial charge in [0.25, 0.3) is 0 Å². The Morgan fingerprint density at radius 2 is 1.28 bits per heavy atom. The molecule has 3 heterocycles. The molecule has 0 amide bonds. The van der Waals surface area contributed by atoms with Crippen molar-refractivity contribution in [3.63, 3.8) is 0 Å². The molecule has 222 valence electrons. The molecular weight excluding hydrogens is 591 g/mol. The van der Waals surface area contributed by atoms with Gasteiger partial charge in [0.05, 0.1) is 10.2 Å². The van der Waals surface area contributed by atoms with E-state index in [1.54, 1.807) is 0 Å². The second-order valence-electron chi connectivity index (χ2n) is 12.5. The molecule has 1 aliphatic heterocycles. The Balaban J connectivity index is 1.26. The highest BCUT2D eigenvalue weighted by Gasteiger charge is 2.20. The van der Waals surface area contributed by atoms with E-state index in [2.05, 4.69) is 140 Å². The van der Waals surface area contributed by atoms with Crippen molar-refractivity contribution in [1.29, 1.82) is 0 Å². The third-order valence-electron chi connectivity index (χ3n) is 9.75. The van der Waals surface area contributed by atoms with Crippen LogP contribution < -0.4 is 9.75 Å². The Bertz CT molecular complexity index is 2800. The van der Waals surface area contributed by atoms with Gasteiger partial charge in [0, 0.05) is 32.1 Å². The van der Waals surface area contributed by atoms with E-state index in [0.717, 1.165) is 47.4 Å². The van der Waals surface area contributed by atoms with Crippen molar-refractivity contribution in [3.8, 4) is 11.1 Å². The molecule has 2 aromatic heterocycles. The van der Waals surface area contributed by atoms with Crippen molar-refractivity contribution >= 4 is 82.4 Å². The number of thiophene rings is 1. The average molecular weight is 620 g/mol. The van der Waals surface area contributed by atoms with Crippen molar-refractivity contribution in [3.05, 3.63) is 154 Å². The van der Waals surface area contributed by atoms with Crippen molar-refractivity contribution in [2.24, 2.45) is 4.99 Å². The van der Waals surface area contributed by atoms with E-state index in [4.69, 9.17) is 9.41 Å². The third-order valence-corrected chi connectivity index (χ3v) is 10.9. The van der Waals surface area contributed by atoms with Crippen LogP contribution in [0.4, 0.5) is 0 Å². The van der Waals surface area contributed by atoms with E-state index in [1.807, 2.05) is 11.3 Å². The van der Waals surface area contributed by atoms with Crippen molar-refractivity contribution in [2.45, 2.75) is 19.3 Å². The van der Waals surface area contributed by atoms with Crippen LogP contribution in [0.1, 0.15) is 30.4 Å². The van der Waals surface area contributed by atoms with E-state index in [-0.39, 0.29) is 0 Å². The van der Waals surface area contributed by atoms with Crippen molar-refractivity contribution < 1.29 is 4.42 Å². The fraction of sp³-hybridized carbons (Fsp3) is 0.0682. The number of hydrogen-bond donors (Lipinski definition) is 0. The molecule has 0 atom stereocenters. The number of furan rings is 1. The first kappa shape index (κ1) is 26.7. The van der Waals surface area contributed by atoms with E-state index < -0.39 is 0 Å². The van der Waals surface area contributed by atoms with Crippen LogP contribution in [0.2, 0.25) is 0 Å². The number of hydrogen-bond acceptors (Lipinski definition) is 3. The van der Waals surface area contributed by atoms with E-state index in [0.29, 0.717) is 0 Å². The second-order valence-corrected chi connectivity index (χ2v) is 13.6. The molecule has 10 rings (SSSR count). The molecule has 7 aromatic carbocycles. The number of rotatable bonds is 3. The SMILES string of the molecule is C1=c2\c(sc3ccccc23)=C(\c2ccccc2)N=C(c2ccc3c(c2)c2cccc4oc5cc(-c6ccccc6)cc3c5c42)CCC/1. The maximum atomic E-state index is 6.53. The number of benzene rings is 7. The van der Waals surface area contributed by atoms with Crippen molar-refractivity contribution in [2.75, 3.05) is 0 Å². The van der Waals surface area contributed by atoms with Gasteiger partial charge in [0.15, 0.2) is 0 Å². The summed E-state index contributed by atoms with van der Waals surface area (Å²) < 4.78 is 9.09. The fourth-order valence-electron chi connectivity index (χ4n) is 7.56. The molecule has 0 aliphatic carbocycles. The summed E-state index contributed by atoms with van der Waals surface area (Å²) in [5.74, 6) is 0. The highest BCUT2D eigenvalue weighted by atomic mass is 32.1. The summed E-state index contributed by atoms with van der Waals surface area (Å²) in [4.78, 5) is 5.60. The molecule has 0 N–H and O–H groups in total. The zero-order chi connectivity index (χ0) is 30.9. The molecule has 47 heavy (non-hydrogen) atoms. The summed E-state index contributed by atoms with van der Waals surface area (Å²) in [5, 5.41) is 10.0. The lowest BCUT2D eigenvalue weighted by Crippen LogP contribution is -2.21. The summed E-state index contributed by atoms with van der Waals surface area (Å²) in [7, 11) is 0. The van der Waals surface area contributed by atoms with Gasteiger partial charge in [-0.3, -0.25) is 4.99 Å². The highest BCUT2D eigenvalue weighted by molar-refractivity contribution is 7.17. The minimum atomic E-state index is 0.910. The Hall–Kier alpha value is -5.51. The lowest BCUT2D eigenvalue weighted by Gasteiger charge is -2.13. The Morgan fingerprint density at radius 3 is 2.15 bits per heavy atom. The Kier molecular flexibility index (Phi) is 5.97. The highest BCUT2D eigenvalue weighted by Crippen LogP contribution is 2.44. The maximum absolute atomic E-state index is 6.53. The lowest BCUT2D eigenvalue weighted by atomic mass is 9.90. The van der Waals surface area contributed by atoms with Crippen LogP contribution in [0.15, 0.2) is 143 Å². The van der Waals surface area contributed by atoms with Gasteiger partial charge in [-0.2, -0.15) is 0 Å². The molecular formula is C44H29NOS. The zero-order valence-corrected chi connectivity index (χ0v) is 26.5. The molecule has 3 heteroatoms. The predicted octanol–water partition coefficient (Wildman–Crippen LogP) is 10.8. The van der Waals surface area contributed by atoms with Crippen LogP contribution in [0.3, 0.4) is 0 Å². The first-order valence-corrected chi connectivity index (χ1v) is 17.2. The molecule has 0 spiro atoms. The van der Waals surface area contributed by atoms with E-state index in [1.165, 1.54) is 68.8 Å². The second kappa shape index (κ2) is 10.5. The Labute approximate surface area is 275 Å². The van der Waals surface area contributed by atoms with Crippen LogP contribution in [0.25, 0.3) is 76.5 Å². The molecule has 2 nitrogen and oxygen atoms in total. The maximum Gasteiger partial charge on any atom is 0.136 e. The van der Waals surface area contributed by atoms with Gasteiger partial charge in [0.2, 0.25) is 0 Å². The molecule has 0 saturated carbocycles. The summed E-state index contributed by atoms with van der Waals surface area (Å²) in [5.41, 5.74) is 8.77. The smallest absolute Gasteiger partial charge is 0.136 e. The predicted molar refractivity (Wildman–Crippen MR) is 200 cm³/mol. The van der Waals surface area contributed by atoms with Gasteiger partial charge in [-0.15, -0.1) is 11.3 Å². The number of nitrogens with zero attached hydrogens (tertiary/aromatic N) is 1. The van der Waals surface area contributed by atoms with Crippen LogP contribution in [-0.2, 0) is 0 Å². The quantitative estimate of drug-likeness (QED) is 0.181. The van der Waals surface area contributed by atoms with Crippen LogP contribution in [0, 0.1) is 0 Å². The standard InChI is InChI=1S/C44H29NOS/c1-3-12-27(13-4-1)30-25-36-31-23-22-29(24-35(31)33-18-11-20-38-41(33)42(36)39(26-30)46-38)37-19-9-7-17-34-32-16-8-10-21-40(32)47-44(34)43(45-37)28-14-5-2-6-15-28/h1-6,8,10-18,20-26H,7,9,19H2/b34-17-,44-43+,45-37?. The summed E-state index contributed by atoms with van der Waals surface area (Å²) in [6.45, 7) is 0. The lowest BCUT2D eigenvalue weighted by molar-refractivity contribution is 0.669. The first-order chi connectivity index (χ1) is 23.3. The minimum Gasteiger partial charge on any atom is -0.456 e. The molecule has 0 bridgehead atoms. The molecule has 0 unspecified atom stereocenters. The normalized spacial score (nSPS) is 15.8. The summed E-state index contributed by atoms with van der Waals surface area (Å²) in [6, 6.07) is 48.1. The fourth-order valence-corrected chi connectivity index (χ4v) is 8.78. The topological polar surface area (TPSA) is 25.5 Å². The molecule has 0 radical (unpaired) electrons. The van der Waals surface area contributed by atoms with Crippen molar-refractivity contribution in [1.82, 2.24) is 0 Å². The summed E-state index contributed by atoms with van der Waals surface area (Å²) >= 11 is 1.86. The van der Waals surface area contributed by atoms with E-state index in [9.17, 15) is 0 Å². The van der Waals surface area contributed by atoms with Crippen LogP contribution in [-0.4, -0.2) is 5.71 Å². The van der Waals surface area contributed by atoms with Crippen LogP contribution >= 0.6 is 11.3 Å². The third kappa shape index (κ3) is 4.20. The first-order valence-electron chi connectivity index (χ1n) is 16.3. The van der Waals surface area contributed by atoms with Gasteiger partial charge in [0.1, 0.15) is 11.2 Å². The molecule has 0 saturated heterocycles. The largest absolute Gasteiger partial charge is 0.456 e. The van der Waals surface area contributed by atoms with Gasteiger partial charge in [-0.1, -0.05) is 109 Å². The molecule has 0 fully saturated rings. The number of fused-ring (bicyclic) bond motifs is 6. The van der Waals surface area contributed by atoms with Gasteiger partial charge in [-0.05, 0) is 93.0 Å². The minimum absolute atomic E-state index is 0.910. The monoisotopic (exact) mass is 619 g/mol. The van der Waals surface area contributed by atoms with Gasteiger partial charge < -0.3 is 4.42 Å². The average Bonchev–Trinajstić information content (AvgIpc) is 3.71. The zero-order valence-electron chi connectivity index (χ0n) is 25.7. The number of aliphatic imine (C=N–C) groups is 1. The summed E-state index contributed by atoms with van der Waals surface area (Å²) in [6.07, 6.45) is 5.41. The van der Waals surface area contributed by atoms with Crippen LogP contribution in [0.5, 0.6) is 0 Å². The molecule has 1 aliphatic rings. The Morgan fingerprint density at radius 1 is 0.532 bits per heavy atom.